The van der Waals surface area contributed by atoms with E-state index < -0.39 is 5.82 Å². The number of halogens is 2. The van der Waals surface area contributed by atoms with E-state index in [0.717, 1.165) is 10.0 Å². The van der Waals surface area contributed by atoms with Crippen molar-refractivity contribution in [2.45, 2.75) is 6.92 Å². The highest BCUT2D eigenvalue weighted by Crippen LogP contribution is 2.36. The molecule has 21 heavy (non-hydrogen) atoms. The monoisotopic (exact) mass is 346 g/mol. The van der Waals surface area contributed by atoms with Gasteiger partial charge in [0.05, 0.1) is 0 Å². The van der Waals surface area contributed by atoms with Gasteiger partial charge in [-0.3, -0.25) is 4.98 Å². The van der Waals surface area contributed by atoms with E-state index in [9.17, 15) is 4.39 Å². The number of aryl methyl sites for hydroxylation is 1. The zero-order valence-corrected chi connectivity index (χ0v) is 12.8. The van der Waals surface area contributed by atoms with E-state index in [-0.39, 0.29) is 5.75 Å². The van der Waals surface area contributed by atoms with E-state index in [1.54, 1.807) is 24.4 Å². The second-order valence-corrected chi connectivity index (χ2v) is 5.60. The maximum atomic E-state index is 14.2. The molecule has 1 aromatic heterocycles. The van der Waals surface area contributed by atoms with Gasteiger partial charge in [0.2, 0.25) is 0 Å². The summed E-state index contributed by atoms with van der Waals surface area (Å²) in [5.74, 6) is 0.139. The Hall–Kier alpha value is -2.14. The van der Waals surface area contributed by atoms with Gasteiger partial charge in [0.1, 0.15) is 11.3 Å². The van der Waals surface area contributed by atoms with Crippen molar-refractivity contribution in [3.63, 3.8) is 0 Å². The number of hydrogen-bond donors (Lipinski definition) is 1. The summed E-state index contributed by atoms with van der Waals surface area (Å²) in [6.07, 6.45) is 1.59. The highest BCUT2D eigenvalue weighted by atomic mass is 79.9. The minimum atomic E-state index is -0.527. The number of nitrogen functional groups attached to an aromatic ring is 1. The Morgan fingerprint density at radius 1 is 1.24 bits per heavy atom. The van der Waals surface area contributed by atoms with Crippen molar-refractivity contribution in [2.24, 2.45) is 0 Å². The molecule has 0 saturated carbocycles. The molecule has 0 fully saturated rings. The van der Waals surface area contributed by atoms with Crippen molar-refractivity contribution < 1.29 is 9.13 Å². The molecule has 2 aromatic carbocycles. The summed E-state index contributed by atoms with van der Waals surface area (Å²) < 4.78 is 20.9. The topological polar surface area (TPSA) is 48.1 Å². The molecule has 0 amide bonds. The number of anilines is 1. The second kappa shape index (κ2) is 5.33. The number of nitrogens with two attached hydrogens (primary N) is 1. The number of rotatable bonds is 2. The van der Waals surface area contributed by atoms with Crippen LogP contribution in [0.5, 0.6) is 11.5 Å². The fourth-order valence-electron chi connectivity index (χ4n) is 2.15. The highest BCUT2D eigenvalue weighted by molar-refractivity contribution is 9.10. The second-order valence-electron chi connectivity index (χ2n) is 4.69. The van der Waals surface area contributed by atoms with Gasteiger partial charge in [-0.25, -0.2) is 4.39 Å². The largest absolute Gasteiger partial charge is 0.452 e. The summed E-state index contributed by atoms with van der Waals surface area (Å²) in [5.41, 5.74) is 7.48. The maximum Gasteiger partial charge on any atom is 0.189 e. The third-order valence-electron chi connectivity index (χ3n) is 3.18. The summed E-state index contributed by atoms with van der Waals surface area (Å²) in [4.78, 5) is 4.19. The van der Waals surface area contributed by atoms with Gasteiger partial charge in [-0.15, -0.1) is 0 Å². The molecule has 3 rings (SSSR count). The molecular formula is C16H12BrFN2O. The fourth-order valence-corrected chi connectivity index (χ4v) is 2.62. The number of benzene rings is 2. The van der Waals surface area contributed by atoms with Crippen LogP contribution in [0.2, 0.25) is 0 Å². The molecule has 0 aliphatic rings. The lowest BCUT2D eigenvalue weighted by Gasteiger charge is -2.13. The summed E-state index contributed by atoms with van der Waals surface area (Å²) in [6, 6.07) is 10.3. The van der Waals surface area contributed by atoms with Crippen LogP contribution in [0.3, 0.4) is 0 Å². The van der Waals surface area contributed by atoms with Crippen LogP contribution < -0.4 is 10.5 Å². The highest BCUT2D eigenvalue weighted by Gasteiger charge is 2.15. The molecule has 0 aliphatic heterocycles. The van der Waals surface area contributed by atoms with Crippen LogP contribution in [0.1, 0.15) is 5.56 Å². The van der Waals surface area contributed by atoms with Crippen LogP contribution in [-0.4, -0.2) is 4.98 Å². The van der Waals surface area contributed by atoms with E-state index in [0.29, 0.717) is 22.3 Å². The standard InChI is InChI=1S/C16H12BrFN2O/c1-9-7-10(17)4-5-14(9)21-16-12(18)8-13(19)11-3-2-6-20-15(11)16/h2-8H,19H2,1H3. The van der Waals surface area contributed by atoms with Crippen LogP contribution in [0, 0.1) is 12.7 Å². The Bertz CT molecular complexity index is 836. The van der Waals surface area contributed by atoms with Gasteiger partial charge in [-0.1, -0.05) is 15.9 Å². The minimum absolute atomic E-state index is 0.0882. The molecule has 3 aromatic rings. The predicted octanol–water partition coefficient (Wildman–Crippen LogP) is 4.82. The van der Waals surface area contributed by atoms with Crippen LogP contribution in [0.15, 0.2) is 47.1 Å². The van der Waals surface area contributed by atoms with E-state index in [2.05, 4.69) is 20.9 Å². The van der Waals surface area contributed by atoms with Crippen LogP contribution in [0.4, 0.5) is 10.1 Å². The number of hydrogen-bond acceptors (Lipinski definition) is 3. The van der Waals surface area contributed by atoms with Crippen molar-refractivity contribution in [1.82, 2.24) is 4.98 Å². The Morgan fingerprint density at radius 3 is 2.81 bits per heavy atom. The first-order valence-electron chi connectivity index (χ1n) is 6.33. The lowest BCUT2D eigenvalue weighted by molar-refractivity contribution is 0.444. The molecular weight excluding hydrogens is 335 g/mol. The lowest BCUT2D eigenvalue weighted by Crippen LogP contribution is -1.97. The summed E-state index contributed by atoms with van der Waals surface area (Å²) in [5, 5.41) is 0.670. The minimum Gasteiger partial charge on any atom is -0.452 e. The number of pyridine rings is 1. The number of fused-ring (bicyclic) bond motifs is 1. The van der Waals surface area contributed by atoms with Gasteiger partial charge in [-0.05, 0) is 42.8 Å². The SMILES string of the molecule is Cc1cc(Br)ccc1Oc1c(F)cc(N)c2cccnc12. The molecule has 0 unspecified atom stereocenters. The van der Waals surface area contributed by atoms with E-state index in [1.807, 2.05) is 19.1 Å². The van der Waals surface area contributed by atoms with Crippen molar-refractivity contribution in [2.75, 3.05) is 5.73 Å². The Labute approximate surface area is 129 Å². The molecule has 0 saturated heterocycles. The van der Waals surface area contributed by atoms with E-state index in [1.165, 1.54) is 6.07 Å². The number of nitrogens with zero attached hydrogens (tertiary/aromatic N) is 1. The van der Waals surface area contributed by atoms with Crippen molar-refractivity contribution in [3.05, 3.63) is 58.4 Å². The maximum absolute atomic E-state index is 14.2. The molecule has 0 radical (unpaired) electrons. The van der Waals surface area contributed by atoms with E-state index >= 15 is 0 Å². The van der Waals surface area contributed by atoms with Crippen LogP contribution in [-0.2, 0) is 0 Å². The molecule has 0 aliphatic carbocycles. The van der Waals surface area contributed by atoms with Gasteiger partial charge in [0.15, 0.2) is 11.6 Å². The van der Waals surface area contributed by atoms with Gasteiger partial charge >= 0.3 is 0 Å². The molecule has 106 valence electrons. The summed E-state index contributed by atoms with van der Waals surface area (Å²) in [7, 11) is 0. The number of aromatic nitrogens is 1. The van der Waals surface area contributed by atoms with Crippen molar-refractivity contribution in [3.8, 4) is 11.5 Å². The predicted molar refractivity (Wildman–Crippen MR) is 85.1 cm³/mol. The van der Waals surface area contributed by atoms with E-state index in [4.69, 9.17) is 10.5 Å². The first-order valence-corrected chi connectivity index (χ1v) is 7.12. The summed E-state index contributed by atoms with van der Waals surface area (Å²) >= 11 is 3.39. The average Bonchev–Trinajstić information content (AvgIpc) is 2.45. The average molecular weight is 347 g/mol. The zero-order chi connectivity index (χ0) is 15.0. The normalized spacial score (nSPS) is 10.8. The Morgan fingerprint density at radius 2 is 2.05 bits per heavy atom. The third-order valence-corrected chi connectivity index (χ3v) is 3.68. The van der Waals surface area contributed by atoms with Crippen molar-refractivity contribution >= 4 is 32.5 Å². The van der Waals surface area contributed by atoms with Crippen molar-refractivity contribution in [1.29, 1.82) is 0 Å². The molecule has 3 nitrogen and oxygen atoms in total. The van der Waals surface area contributed by atoms with Crippen LogP contribution in [0.25, 0.3) is 10.9 Å². The zero-order valence-electron chi connectivity index (χ0n) is 11.2. The Balaban J connectivity index is 2.16. The molecule has 2 N–H and O–H groups in total. The van der Waals surface area contributed by atoms with Gasteiger partial charge in [-0.2, -0.15) is 0 Å². The third kappa shape index (κ3) is 2.56. The number of ether oxygens (including phenoxy) is 1. The van der Waals surface area contributed by atoms with Gasteiger partial charge < -0.3 is 10.5 Å². The molecule has 0 atom stereocenters. The molecule has 1 heterocycles. The molecule has 0 bridgehead atoms. The smallest absolute Gasteiger partial charge is 0.189 e. The molecule has 0 spiro atoms. The fraction of sp³-hybridized carbons (Fsp3) is 0.0625. The molecule has 5 heteroatoms. The lowest BCUT2D eigenvalue weighted by atomic mass is 10.1. The Kier molecular flexibility index (Phi) is 3.51. The first-order chi connectivity index (χ1) is 10.1. The van der Waals surface area contributed by atoms with Crippen LogP contribution >= 0.6 is 15.9 Å². The van der Waals surface area contributed by atoms with Gasteiger partial charge in [0.25, 0.3) is 0 Å². The quantitative estimate of drug-likeness (QED) is 0.676. The summed E-state index contributed by atoms with van der Waals surface area (Å²) in [6.45, 7) is 1.89. The van der Waals surface area contributed by atoms with Gasteiger partial charge in [0, 0.05) is 27.8 Å². The first kappa shape index (κ1) is 13.8.